The lowest BCUT2D eigenvalue weighted by molar-refractivity contribution is 0.101. The highest BCUT2D eigenvalue weighted by Crippen LogP contribution is 2.25. The Kier molecular flexibility index (Phi) is 5.35. The number of aromatic nitrogens is 3. The summed E-state index contributed by atoms with van der Waals surface area (Å²) in [5.41, 5.74) is 5.37. The molecule has 0 bridgehead atoms. The van der Waals surface area contributed by atoms with Crippen LogP contribution in [0.2, 0.25) is 0 Å². The van der Waals surface area contributed by atoms with E-state index in [0.29, 0.717) is 23.4 Å². The maximum Gasteiger partial charge on any atom is 0.159 e. The van der Waals surface area contributed by atoms with Crippen molar-refractivity contribution < 1.29 is 4.79 Å². The first-order chi connectivity index (χ1) is 14.7. The maximum atomic E-state index is 11.7. The fourth-order valence-electron chi connectivity index (χ4n) is 3.20. The maximum absolute atomic E-state index is 11.7. The monoisotopic (exact) mass is 393 g/mol. The average Bonchev–Trinajstić information content (AvgIpc) is 3.23. The fourth-order valence-corrected chi connectivity index (χ4v) is 3.20. The molecule has 0 fully saturated rings. The molecule has 2 aromatic carbocycles. The van der Waals surface area contributed by atoms with Crippen LogP contribution >= 0.6 is 0 Å². The summed E-state index contributed by atoms with van der Waals surface area (Å²) >= 11 is 0. The topological polar surface area (TPSA) is 83.6 Å². The van der Waals surface area contributed by atoms with Gasteiger partial charge in [0.25, 0.3) is 0 Å². The number of hydrogen-bond acceptors (Lipinski definition) is 5. The Balaban J connectivity index is 1.71. The molecule has 4 rings (SSSR count). The van der Waals surface area contributed by atoms with Gasteiger partial charge in [0.15, 0.2) is 5.78 Å². The highest BCUT2D eigenvalue weighted by molar-refractivity contribution is 5.95. The van der Waals surface area contributed by atoms with Gasteiger partial charge in [-0.2, -0.15) is 10.4 Å². The minimum atomic E-state index is -0.0445. The second kappa shape index (κ2) is 8.41. The van der Waals surface area contributed by atoms with Crippen molar-refractivity contribution in [1.29, 1.82) is 5.26 Å². The molecule has 0 unspecified atom stereocenters. The molecule has 0 radical (unpaired) electrons. The van der Waals surface area contributed by atoms with Crippen LogP contribution in [0.1, 0.15) is 28.4 Å². The molecule has 2 aromatic heterocycles. The normalized spacial score (nSPS) is 10.4. The predicted octanol–water partition coefficient (Wildman–Crippen LogP) is 4.62. The van der Waals surface area contributed by atoms with Crippen molar-refractivity contribution in [1.82, 2.24) is 14.8 Å². The van der Waals surface area contributed by atoms with Crippen molar-refractivity contribution in [3.8, 4) is 23.0 Å². The molecule has 0 aliphatic rings. The van der Waals surface area contributed by atoms with E-state index in [0.717, 1.165) is 22.5 Å². The molecule has 0 atom stereocenters. The third-order valence-corrected chi connectivity index (χ3v) is 4.78. The Bertz CT molecular complexity index is 1220. The summed E-state index contributed by atoms with van der Waals surface area (Å²) in [5, 5.41) is 17.5. The zero-order valence-corrected chi connectivity index (χ0v) is 16.4. The summed E-state index contributed by atoms with van der Waals surface area (Å²) in [6.45, 7) is 1.96. The summed E-state index contributed by atoms with van der Waals surface area (Å²) in [6.07, 6.45) is 5.44. The van der Waals surface area contributed by atoms with E-state index in [1.54, 1.807) is 30.6 Å². The van der Waals surface area contributed by atoms with Gasteiger partial charge >= 0.3 is 0 Å². The summed E-state index contributed by atoms with van der Waals surface area (Å²) < 4.78 is 1.84. The number of ketones is 1. The van der Waals surface area contributed by atoms with E-state index >= 15 is 0 Å². The van der Waals surface area contributed by atoms with Crippen LogP contribution in [0.25, 0.3) is 16.9 Å². The van der Waals surface area contributed by atoms with Crippen molar-refractivity contribution in [3.63, 3.8) is 0 Å². The van der Waals surface area contributed by atoms with E-state index in [-0.39, 0.29) is 5.78 Å². The molecule has 6 nitrogen and oxygen atoms in total. The fraction of sp³-hybridized carbons (Fsp3) is 0.0833. The third-order valence-electron chi connectivity index (χ3n) is 4.78. The summed E-state index contributed by atoms with van der Waals surface area (Å²) in [7, 11) is 0. The summed E-state index contributed by atoms with van der Waals surface area (Å²) in [6, 6.07) is 20.9. The van der Waals surface area contributed by atoms with Gasteiger partial charge in [-0.25, -0.2) is 4.68 Å². The number of para-hydroxylation sites is 1. The molecular weight excluding hydrogens is 374 g/mol. The second-order valence-electron chi connectivity index (χ2n) is 6.80. The Hall–Kier alpha value is -4.24. The lowest BCUT2D eigenvalue weighted by atomic mass is 10.1. The molecule has 0 saturated carbocycles. The standard InChI is InChI=1S/C24H19N5O/c1-17(30)19-7-8-20(14-25)23(13-19)27-15-21-16-29(22-5-3-2-4-6-22)28-24(21)18-9-11-26-12-10-18/h2-13,16,27H,15H2,1H3. The van der Waals surface area contributed by atoms with Gasteiger partial charge in [0.2, 0.25) is 0 Å². The van der Waals surface area contributed by atoms with Gasteiger partial charge in [0.05, 0.1) is 22.6 Å². The van der Waals surface area contributed by atoms with Gasteiger partial charge in [-0.15, -0.1) is 0 Å². The Morgan fingerprint density at radius 1 is 1.10 bits per heavy atom. The number of Topliss-reactive ketones (excluding diaryl/α,β-unsaturated/α-hetero) is 1. The first-order valence-corrected chi connectivity index (χ1v) is 9.49. The summed E-state index contributed by atoms with van der Waals surface area (Å²) in [4.78, 5) is 15.8. The van der Waals surface area contributed by atoms with Gasteiger partial charge in [0.1, 0.15) is 6.07 Å². The molecule has 30 heavy (non-hydrogen) atoms. The van der Waals surface area contributed by atoms with Crippen LogP contribution in [0.15, 0.2) is 79.3 Å². The van der Waals surface area contributed by atoms with E-state index in [9.17, 15) is 10.1 Å². The molecular formula is C24H19N5O. The largest absolute Gasteiger partial charge is 0.380 e. The lowest BCUT2D eigenvalue weighted by Gasteiger charge is -2.10. The van der Waals surface area contributed by atoms with Gasteiger partial charge in [0, 0.05) is 41.8 Å². The number of nitrogens with zero attached hydrogens (tertiary/aromatic N) is 4. The first kappa shape index (κ1) is 19.1. The van der Waals surface area contributed by atoms with E-state index in [4.69, 9.17) is 5.10 Å². The number of nitriles is 1. The molecule has 1 N–H and O–H groups in total. The van der Waals surface area contributed by atoms with Crippen LogP contribution in [-0.4, -0.2) is 20.5 Å². The van der Waals surface area contributed by atoms with E-state index in [1.807, 2.05) is 53.3 Å². The predicted molar refractivity (Wildman–Crippen MR) is 115 cm³/mol. The third kappa shape index (κ3) is 3.96. The molecule has 146 valence electrons. The number of pyridine rings is 1. The van der Waals surface area contributed by atoms with Crippen molar-refractivity contribution in [3.05, 3.63) is 95.9 Å². The summed E-state index contributed by atoms with van der Waals surface area (Å²) in [5.74, 6) is -0.0445. The molecule has 4 aromatic rings. The first-order valence-electron chi connectivity index (χ1n) is 9.49. The van der Waals surface area contributed by atoms with Crippen LogP contribution in [-0.2, 0) is 6.54 Å². The minimum absolute atomic E-state index is 0.0445. The number of hydrogen-bond donors (Lipinski definition) is 1. The number of benzene rings is 2. The van der Waals surface area contributed by atoms with E-state index in [2.05, 4.69) is 16.4 Å². The highest BCUT2D eigenvalue weighted by Gasteiger charge is 2.14. The molecule has 0 amide bonds. The smallest absolute Gasteiger partial charge is 0.159 e. The molecule has 6 heteroatoms. The Morgan fingerprint density at radius 2 is 1.87 bits per heavy atom. The number of anilines is 1. The zero-order valence-electron chi connectivity index (χ0n) is 16.4. The van der Waals surface area contributed by atoms with Crippen LogP contribution in [0.5, 0.6) is 0 Å². The van der Waals surface area contributed by atoms with Crippen LogP contribution in [0, 0.1) is 11.3 Å². The van der Waals surface area contributed by atoms with Gasteiger partial charge in [-0.05, 0) is 49.4 Å². The van der Waals surface area contributed by atoms with Crippen LogP contribution in [0.3, 0.4) is 0 Å². The molecule has 0 saturated heterocycles. The van der Waals surface area contributed by atoms with Gasteiger partial charge in [-0.1, -0.05) is 18.2 Å². The van der Waals surface area contributed by atoms with Crippen molar-refractivity contribution in [2.45, 2.75) is 13.5 Å². The zero-order chi connectivity index (χ0) is 20.9. The van der Waals surface area contributed by atoms with Crippen molar-refractivity contribution in [2.75, 3.05) is 5.32 Å². The number of nitrogens with one attached hydrogen (secondary N) is 1. The second-order valence-corrected chi connectivity index (χ2v) is 6.80. The lowest BCUT2D eigenvalue weighted by Crippen LogP contribution is -2.04. The Labute approximate surface area is 174 Å². The molecule has 2 heterocycles. The van der Waals surface area contributed by atoms with Gasteiger partial charge in [-0.3, -0.25) is 9.78 Å². The molecule has 0 spiro atoms. The molecule has 0 aliphatic heterocycles. The van der Waals surface area contributed by atoms with Crippen LogP contribution in [0.4, 0.5) is 5.69 Å². The number of rotatable bonds is 6. The van der Waals surface area contributed by atoms with Crippen LogP contribution < -0.4 is 5.32 Å². The highest BCUT2D eigenvalue weighted by atomic mass is 16.1. The van der Waals surface area contributed by atoms with E-state index in [1.165, 1.54) is 6.92 Å². The SMILES string of the molecule is CC(=O)c1ccc(C#N)c(NCc2cn(-c3ccccc3)nc2-c2ccncc2)c1. The average molecular weight is 393 g/mol. The quantitative estimate of drug-likeness (QED) is 0.483. The van der Waals surface area contributed by atoms with Gasteiger partial charge < -0.3 is 5.32 Å². The minimum Gasteiger partial charge on any atom is -0.380 e. The Morgan fingerprint density at radius 3 is 2.57 bits per heavy atom. The number of carbonyl (C=O) groups excluding carboxylic acids is 1. The number of carbonyl (C=O) groups is 1. The van der Waals surface area contributed by atoms with Crippen molar-refractivity contribution in [2.24, 2.45) is 0 Å². The van der Waals surface area contributed by atoms with E-state index < -0.39 is 0 Å². The van der Waals surface area contributed by atoms with Crippen molar-refractivity contribution >= 4 is 11.5 Å². The molecule has 0 aliphatic carbocycles.